The van der Waals surface area contributed by atoms with Crippen LogP contribution in [0.4, 0.5) is 11.4 Å². The molecule has 0 aromatic heterocycles. The van der Waals surface area contributed by atoms with Crippen molar-refractivity contribution < 1.29 is 9.59 Å². The van der Waals surface area contributed by atoms with E-state index in [9.17, 15) is 9.59 Å². The Morgan fingerprint density at radius 3 is 1.38 bits per heavy atom. The van der Waals surface area contributed by atoms with E-state index < -0.39 is 9.06 Å². The summed E-state index contributed by atoms with van der Waals surface area (Å²) in [6.45, 7) is 0. The average molecular weight is 487 g/mol. The number of para-hydroxylation sites is 2. The van der Waals surface area contributed by atoms with E-state index >= 15 is 0 Å². The molecule has 4 rings (SSSR count). The lowest BCUT2D eigenvalue weighted by molar-refractivity contribution is -0.114. The summed E-state index contributed by atoms with van der Waals surface area (Å²) in [6, 6.07) is 38.7. The van der Waals surface area contributed by atoms with Crippen LogP contribution in [-0.2, 0) is 9.59 Å². The number of nitrogens with one attached hydrogen (secondary N) is 2. The molecule has 2 N–H and O–H groups in total. The normalized spacial score (nSPS) is 11.4. The molecule has 0 saturated carbocycles. The van der Waals surface area contributed by atoms with Crippen LogP contribution in [0.3, 0.4) is 0 Å². The van der Waals surface area contributed by atoms with Gasteiger partial charge in [0, 0.05) is 21.2 Å². The van der Waals surface area contributed by atoms with Gasteiger partial charge >= 0.3 is 0 Å². The van der Waals surface area contributed by atoms with E-state index in [0.29, 0.717) is 0 Å². The minimum Gasteiger partial charge on any atom is -0.325 e. The van der Waals surface area contributed by atoms with Gasteiger partial charge in [-0.25, -0.2) is 0 Å². The quantitative estimate of drug-likeness (QED) is 0.255. The van der Waals surface area contributed by atoms with Crippen LogP contribution in [0, 0.1) is 0 Å². The Balaban J connectivity index is 1.68. The second kappa shape index (κ2) is 11.6. The highest BCUT2D eigenvalue weighted by atomic mass is 33.2. The van der Waals surface area contributed by atoms with Gasteiger partial charge in [0.2, 0.25) is 11.8 Å². The summed E-state index contributed by atoms with van der Waals surface area (Å²) >= 11 is 0. The molecule has 0 aliphatic carbocycles. The molecule has 6 heteroatoms. The third-order valence-corrected chi connectivity index (χ3v) is 11.2. The van der Waals surface area contributed by atoms with E-state index in [0.717, 1.165) is 21.2 Å². The van der Waals surface area contributed by atoms with Gasteiger partial charge in [-0.1, -0.05) is 83.6 Å². The fourth-order valence-electron chi connectivity index (χ4n) is 3.51. The molecular weight excluding hydrogens is 460 g/mol. The number of hydrogen-bond acceptors (Lipinski definition) is 3. The van der Waals surface area contributed by atoms with Crippen molar-refractivity contribution in [3.63, 3.8) is 0 Å². The molecular formula is C28H26N2O2S2. The maximum absolute atomic E-state index is 13.3. The fourth-order valence-corrected chi connectivity index (χ4v) is 9.50. The van der Waals surface area contributed by atoms with Crippen LogP contribution >= 0.6 is 19.9 Å². The number of amides is 2. The van der Waals surface area contributed by atoms with Gasteiger partial charge in [0.05, 0.1) is 11.5 Å². The van der Waals surface area contributed by atoms with Crippen LogP contribution in [0.15, 0.2) is 131 Å². The summed E-state index contributed by atoms with van der Waals surface area (Å²) in [6.07, 6.45) is 0. The molecule has 0 saturated heterocycles. The molecule has 0 bridgehead atoms. The van der Waals surface area contributed by atoms with E-state index in [1.165, 1.54) is 0 Å². The SMILES string of the molecule is O=C(CS(CC(=O)Nc1ccccc1)(Sc1ccccc1)c1ccccc1)Nc1ccccc1. The Morgan fingerprint density at radius 2 is 0.941 bits per heavy atom. The number of benzene rings is 4. The van der Waals surface area contributed by atoms with Crippen LogP contribution in [-0.4, -0.2) is 23.3 Å². The Morgan fingerprint density at radius 1 is 0.559 bits per heavy atom. The van der Waals surface area contributed by atoms with Crippen molar-refractivity contribution >= 4 is 43.0 Å². The van der Waals surface area contributed by atoms with Crippen molar-refractivity contribution in [3.8, 4) is 0 Å². The van der Waals surface area contributed by atoms with Gasteiger partial charge in [0.25, 0.3) is 0 Å². The smallest absolute Gasteiger partial charge is 0.233 e. The fraction of sp³-hybridized carbons (Fsp3) is 0.0714. The first kappa shape index (κ1) is 23.7. The van der Waals surface area contributed by atoms with Crippen LogP contribution in [0.2, 0.25) is 0 Å². The molecule has 0 unspecified atom stereocenters. The number of carbonyl (C=O) groups excluding carboxylic acids is 2. The molecule has 0 aliphatic heterocycles. The number of anilines is 2. The van der Waals surface area contributed by atoms with Crippen molar-refractivity contribution in [1.82, 2.24) is 0 Å². The number of carbonyl (C=O) groups is 2. The molecule has 4 aromatic rings. The van der Waals surface area contributed by atoms with E-state index in [1.807, 2.05) is 121 Å². The van der Waals surface area contributed by atoms with Crippen molar-refractivity contribution in [1.29, 1.82) is 0 Å². The van der Waals surface area contributed by atoms with Crippen LogP contribution in [0.5, 0.6) is 0 Å². The van der Waals surface area contributed by atoms with Crippen molar-refractivity contribution in [2.45, 2.75) is 9.79 Å². The van der Waals surface area contributed by atoms with Gasteiger partial charge in [0.1, 0.15) is 0 Å². The van der Waals surface area contributed by atoms with Gasteiger partial charge in [-0.15, -0.1) is 9.06 Å². The maximum Gasteiger partial charge on any atom is 0.233 e. The molecule has 4 nitrogen and oxygen atoms in total. The van der Waals surface area contributed by atoms with Crippen LogP contribution < -0.4 is 10.6 Å². The second-order valence-corrected chi connectivity index (χ2v) is 13.4. The standard InChI is InChI=1S/C28H26N2O2S2/c31-27(29-23-13-5-1-6-14-23)21-34(26-19-11-4-12-20-26,33-25-17-9-3-10-18-25)22-28(32)30-24-15-7-2-8-16-24/h1-20H,21-22H2,(H,29,31)(H,30,32). The minimum atomic E-state index is -1.97. The highest BCUT2D eigenvalue weighted by molar-refractivity contribution is 8.94. The molecule has 0 fully saturated rings. The van der Waals surface area contributed by atoms with Gasteiger partial charge in [-0.05, 0) is 48.5 Å². The van der Waals surface area contributed by atoms with Crippen molar-refractivity contribution in [3.05, 3.63) is 121 Å². The second-order valence-electron chi connectivity index (χ2n) is 7.64. The Kier molecular flexibility index (Phi) is 8.07. The molecule has 2 amide bonds. The zero-order chi connectivity index (χ0) is 23.6. The van der Waals surface area contributed by atoms with Crippen LogP contribution in [0.25, 0.3) is 0 Å². The highest BCUT2D eigenvalue weighted by Crippen LogP contribution is 2.68. The molecule has 172 valence electrons. The van der Waals surface area contributed by atoms with E-state index in [2.05, 4.69) is 10.6 Å². The average Bonchev–Trinajstić information content (AvgIpc) is 2.86. The summed E-state index contributed by atoms with van der Waals surface area (Å²) < 4.78 is 0. The topological polar surface area (TPSA) is 58.2 Å². The first-order valence-corrected chi connectivity index (χ1v) is 14.2. The molecule has 0 radical (unpaired) electrons. The Labute approximate surface area is 205 Å². The predicted molar refractivity (Wildman–Crippen MR) is 144 cm³/mol. The number of hydrogen-bond donors (Lipinski definition) is 2. The van der Waals surface area contributed by atoms with E-state index in [-0.39, 0.29) is 23.3 Å². The van der Waals surface area contributed by atoms with E-state index in [4.69, 9.17) is 0 Å². The van der Waals surface area contributed by atoms with Crippen molar-refractivity contribution in [2.24, 2.45) is 0 Å². The summed E-state index contributed by atoms with van der Waals surface area (Å²) in [4.78, 5) is 28.6. The monoisotopic (exact) mass is 486 g/mol. The molecule has 4 aromatic carbocycles. The van der Waals surface area contributed by atoms with E-state index in [1.54, 1.807) is 10.8 Å². The molecule has 0 atom stereocenters. The van der Waals surface area contributed by atoms with Crippen molar-refractivity contribution in [2.75, 3.05) is 22.1 Å². The van der Waals surface area contributed by atoms with Crippen LogP contribution in [0.1, 0.15) is 0 Å². The minimum absolute atomic E-state index is 0.110. The lowest BCUT2D eigenvalue weighted by Gasteiger charge is -2.38. The third kappa shape index (κ3) is 6.53. The largest absolute Gasteiger partial charge is 0.325 e. The highest BCUT2D eigenvalue weighted by Gasteiger charge is 2.33. The Hall–Kier alpha value is -3.48. The molecule has 0 aliphatic rings. The number of rotatable bonds is 9. The Bertz CT molecular complexity index is 1150. The lowest BCUT2D eigenvalue weighted by Crippen LogP contribution is -2.27. The summed E-state index contributed by atoms with van der Waals surface area (Å²) in [5.74, 6) is 0.212. The van der Waals surface area contributed by atoms with Gasteiger partial charge in [-0.2, -0.15) is 0 Å². The maximum atomic E-state index is 13.3. The molecule has 34 heavy (non-hydrogen) atoms. The van der Waals surface area contributed by atoms with Gasteiger partial charge < -0.3 is 10.6 Å². The molecule has 0 heterocycles. The van der Waals surface area contributed by atoms with Gasteiger partial charge in [-0.3, -0.25) is 9.59 Å². The summed E-state index contributed by atoms with van der Waals surface area (Å²) in [5, 5.41) is 6.03. The summed E-state index contributed by atoms with van der Waals surface area (Å²) in [7, 11) is -0.346. The lowest BCUT2D eigenvalue weighted by atomic mass is 10.3. The third-order valence-electron chi connectivity index (χ3n) is 5.02. The molecule has 0 spiro atoms. The zero-order valence-electron chi connectivity index (χ0n) is 18.6. The van der Waals surface area contributed by atoms with Gasteiger partial charge in [0.15, 0.2) is 0 Å². The first-order valence-electron chi connectivity index (χ1n) is 10.9. The summed E-state index contributed by atoms with van der Waals surface area (Å²) in [5.41, 5.74) is 1.49. The zero-order valence-corrected chi connectivity index (χ0v) is 20.2. The first-order chi connectivity index (χ1) is 16.6. The predicted octanol–water partition coefficient (Wildman–Crippen LogP) is 6.83.